The third-order valence-corrected chi connectivity index (χ3v) is 2.97. The summed E-state index contributed by atoms with van der Waals surface area (Å²) in [6.45, 7) is 6.17. The third kappa shape index (κ3) is 6.48. The average molecular weight is 292 g/mol. The van der Waals surface area contributed by atoms with E-state index in [2.05, 4.69) is 6.58 Å². The lowest BCUT2D eigenvalue weighted by molar-refractivity contribution is -0.139. The van der Waals surface area contributed by atoms with Gasteiger partial charge in [-0.15, -0.1) is 0 Å². The number of benzene rings is 1. The van der Waals surface area contributed by atoms with E-state index in [1.165, 1.54) is 0 Å². The predicted octanol–water partition coefficient (Wildman–Crippen LogP) is 3.67. The summed E-state index contributed by atoms with van der Waals surface area (Å²) in [6, 6.07) is 9.67. The molecule has 0 amide bonds. The molecule has 1 aromatic rings. The summed E-state index contributed by atoms with van der Waals surface area (Å²) in [5.41, 5.74) is 1.36. The second kappa shape index (κ2) is 9.26. The highest BCUT2D eigenvalue weighted by atomic mass is 32.1. The van der Waals surface area contributed by atoms with Gasteiger partial charge >= 0.3 is 5.97 Å². The Morgan fingerprint density at radius 2 is 1.70 bits per heavy atom. The lowest BCUT2D eigenvalue weighted by atomic mass is 10.2. The number of hydrogen-bond acceptors (Lipinski definition) is 4. The van der Waals surface area contributed by atoms with Crippen molar-refractivity contribution in [2.45, 2.75) is 26.2 Å². The molecular weight excluding hydrogens is 272 g/mol. The topological polar surface area (TPSA) is 35.5 Å². The fourth-order valence-electron chi connectivity index (χ4n) is 1.49. The van der Waals surface area contributed by atoms with Crippen LogP contribution in [0.4, 0.5) is 0 Å². The molecule has 108 valence electrons. The highest BCUT2D eigenvalue weighted by Crippen LogP contribution is 2.05. The Kier molecular flexibility index (Phi) is 7.58. The van der Waals surface area contributed by atoms with Crippen molar-refractivity contribution < 1.29 is 14.3 Å². The molecule has 4 heteroatoms. The largest absolute Gasteiger partial charge is 0.483 e. The van der Waals surface area contributed by atoms with Crippen LogP contribution in [0.1, 0.15) is 31.7 Å². The Morgan fingerprint density at radius 3 is 2.30 bits per heavy atom. The zero-order valence-electron chi connectivity index (χ0n) is 11.8. The van der Waals surface area contributed by atoms with Crippen molar-refractivity contribution in [3.63, 3.8) is 0 Å². The molecule has 0 heterocycles. The van der Waals surface area contributed by atoms with E-state index in [-0.39, 0.29) is 5.97 Å². The van der Waals surface area contributed by atoms with Crippen molar-refractivity contribution in [2.75, 3.05) is 13.2 Å². The fourth-order valence-corrected chi connectivity index (χ4v) is 1.71. The first-order valence-electron chi connectivity index (χ1n) is 6.66. The van der Waals surface area contributed by atoms with Gasteiger partial charge in [-0.2, -0.15) is 0 Å². The smallest absolute Gasteiger partial charge is 0.333 e. The van der Waals surface area contributed by atoms with Crippen LogP contribution in [-0.4, -0.2) is 24.2 Å². The summed E-state index contributed by atoms with van der Waals surface area (Å²) in [4.78, 5) is 11.1. The Labute approximate surface area is 125 Å². The predicted molar refractivity (Wildman–Crippen MR) is 83.7 cm³/mol. The van der Waals surface area contributed by atoms with E-state index in [0.29, 0.717) is 23.8 Å². The SMILES string of the molecule is C=C(C)C(=O)OCCCCCOC(=S)c1ccccc1. The third-order valence-electron chi connectivity index (χ3n) is 2.61. The van der Waals surface area contributed by atoms with Crippen molar-refractivity contribution >= 4 is 23.2 Å². The number of carbonyl (C=O) groups is 1. The van der Waals surface area contributed by atoms with Crippen LogP contribution in [0.2, 0.25) is 0 Å². The van der Waals surface area contributed by atoms with Gasteiger partial charge in [-0.25, -0.2) is 4.79 Å². The second-order valence-electron chi connectivity index (χ2n) is 4.48. The van der Waals surface area contributed by atoms with Gasteiger partial charge in [0, 0.05) is 11.1 Å². The van der Waals surface area contributed by atoms with E-state index in [0.717, 1.165) is 24.8 Å². The number of carbonyl (C=O) groups excluding carboxylic acids is 1. The molecule has 0 unspecified atom stereocenters. The molecular formula is C16H20O3S. The van der Waals surface area contributed by atoms with E-state index in [9.17, 15) is 4.79 Å². The number of ether oxygens (including phenoxy) is 2. The highest BCUT2D eigenvalue weighted by molar-refractivity contribution is 7.80. The van der Waals surface area contributed by atoms with Crippen molar-refractivity contribution in [2.24, 2.45) is 0 Å². The zero-order valence-corrected chi connectivity index (χ0v) is 12.6. The van der Waals surface area contributed by atoms with Gasteiger partial charge in [0.25, 0.3) is 0 Å². The molecule has 0 bridgehead atoms. The molecule has 0 fully saturated rings. The van der Waals surface area contributed by atoms with Gasteiger partial charge in [-0.3, -0.25) is 0 Å². The monoisotopic (exact) mass is 292 g/mol. The van der Waals surface area contributed by atoms with Gasteiger partial charge in [0.2, 0.25) is 0 Å². The summed E-state index contributed by atoms with van der Waals surface area (Å²) in [5, 5.41) is 0.527. The molecule has 0 saturated carbocycles. The number of hydrogen-bond donors (Lipinski definition) is 0. The van der Waals surface area contributed by atoms with Crippen LogP contribution in [0, 0.1) is 0 Å². The standard InChI is InChI=1S/C16H20O3S/c1-13(2)15(17)18-11-7-4-8-12-19-16(20)14-9-5-3-6-10-14/h3,5-6,9-10H,1,4,7-8,11-12H2,2H3. The molecule has 0 N–H and O–H groups in total. The quantitative estimate of drug-likeness (QED) is 0.317. The van der Waals surface area contributed by atoms with E-state index < -0.39 is 0 Å². The summed E-state index contributed by atoms with van der Waals surface area (Å²) in [6.07, 6.45) is 2.64. The summed E-state index contributed by atoms with van der Waals surface area (Å²) < 4.78 is 10.5. The summed E-state index contributed by atoms with van der Waals surface area (Å²) in [7, 11) is 0. The lowest BCUT2D eigenvalue weighted by Gasteiger charge is -2.07. The maximum atomic E-state index is 11.1. The minimum absolute atomic E-state index is 0.327. The number of unbranched alkanes of at least 4 members (excludes halogenated alkanes) is 2. The van der Waals surface area contributed by atoms with E-state index in [4.69, 9.17) is 21.7 Å². The van der Waals surface area contributed by atoms with Crippen LogP contribution < -0.4 is 0 Å². The van der Waals surface area contributed by atoms with E-state index in [1.807, 2.05) is 30.3 Å². The average Bonchev–Trinajstić information content (AvgIpc) is 2.46. The van der Waals surface area contributed by atoms with Crippen LogP contribution >= 0.6 is 12.2 Å². The molecule has 0 saturated heterocycles. The van der Waals surface area contributed by atoms with Crippen molar-refractivity contribution in [1.82, 2.24) is 0 Å². The van der Waals surface area contributed by atoms with Crippen LogP contribution in [0.15, 0.2) is 42.5 Å². The lowest BCUT2D eigenvalue weighted by Crippen LogP contribution is -2.07. The minimum atomic E-state index is -0.327. The van der Waals surface area contributed by atoms with Gasteiger partial charge in [-0.05, 0) is 38.4 Å². The molecule has 0 aliphatic rings. The van der Waals surface area contributed by atoms with Gasteiger partial charge in [0.1, 0.15) is 0 Å². The Bertz CT molecular complexity index is 454. The zero-order chi connectivity index (χ0) is 14.8. The Balaban J connectivity index is 2.04. The second-order valence-corrected chi connectivity index (χ2v) is 4.85. The molecule has 1 aromatic carbocycles. The van der Waals surface area contributed by atoms with Crippen molar-refractivity contribution in [3.05, 3.63) is 48.0 Å². The number of rotatable bonds is 8. The Morgan fingerprint density at radius 1 is 1.10 bits per heavy atom. The maximum Gasteiger partial charge on any atom is 0.333 e. The van der Waals surface area contributed by atoms with Gasteiger partial charge in [0.15, 0.2) is 5.05 Å². The minimum Gasteiger partial charge on any atom is -0.483 e. The van der Waals surface area contributed by atoms with Crippen LogP contribution in [0.25, 0.3) is 0 Å². The first kappa shape index (κ1) is 16.4. The van der Waals surface area contributed by atoms with Crippen LogP contribution in [0.5, 0.6) is 0 Å². The molecule has 0 aromatic heterocycles. The molecule has 0 aliphatic carbocycles. The fraction of sp³-hybridized carbons (Fsp3) is 0.375. The molecule has 20 heavy (non-hydrogen) atoms. The molecule has 0 spiro atoms. The van der Waals surface area contributed by atoms with Gasteiger partial charge in [-0.1, -0.05) is 36.9 Å². The molecule has 3 nitrogen and oxygen atoms in total. The van der Waals surface area contributed by atoms with Gasteiger partial charge < -0.3 is 9.47 Å². The normalized spacial score (nSPS) is 9.85. The van der Waals surface area contributed by atoms with Crippen LogP contribution in [0.3, 0.4) is 0 Å². The molecule has 1 rings (SSSR count). The molecule has 0 radical (unpaired) electrons. The van der Waals surface area contributed by atoms with Gasteiger partial charge in [0.05, 0.1) is 13.2 Å². The number of thiocarbonyl (C=S) groups is 1. The van der Waals surface area contributed by atoms with E-state index >= 15 is 0 Å². The highest BCUT2D eigenvalue weighted by Gasteiger charge is 2.03. The molecule has 0 atom stereocenters. The molecule has 0 aliphatic heterocycles. The number of esters is 1. The maximum absolute atomic E-state index is 11.1. The van der Waals surface area contributed by atoms with Crippen molar-refractivity contribution in [3.8, 4) is 0 Å². The van der Waals surface area contributed by atoms with Crippen molar-refractivity contribution in [1.29, 1.82) is 0 Å². The Hall–Kier alpha value is -1.68. The van der Waals surface area contributed by atoms with E-state index in [1.54, 1.807) is 6.92 Å². The summed E-state index contributed by atoms with van der Waals surface area (Å²) >= 11 is 5.18. The first-order valence-corrected chi connectivity index (χ1v) is 7.07. The summed E-state index contributed by atoms with van der Waals surface area (Å²) in [5.74, 6) is -0.327. The van der Waals surface area contributed by atoms with Crippen LogP contribution in [-0.2, 0) is 14.3 Å². The first-order chi connectivity index (χ1) is 9.61.